The molecule has 0 aliphatic carbocycles. The van der Waals surface area contributed by atoms with Gasteiger partial charge in [-0.15, -0.1) is 0 Å². The van der Waals surface area contributed by atoms with E-state index in [1.807, 2.05) is 12.1 Å². The Morgan fingerprint density at radius 2 is 2.00 bits per heavy atom. The molecule has 16 heavy (non-hydrogen) atoms. The number of benzene rings is 1. The van der Waals surface area contributed by atoms with E-state index in [9.17, 15) is 0 Å². The van der Waals surface area contributed by atoms with Gasteiger partial charge >= 0.3 is 5.72 Å². The summed E-state index contributed by atoms with van der Waals surface area (Å²) in [4.78, 5) is 3.62. The zero-order valence-corrected chi connectivity index (χ0v) is 11.8. The minimum Gasteiger partial charge on any atom is -0.347 e. The maximum Gasteiger partial charge on any atom is 0.352 e. The molecule has 0 aromatic heterocycles. The largest absolute Gasteiger partial charge is 0.352 e. The summed E-state index contributed by atoms with van der Waals surface area (Å²) < 4.78 is 5.94. The predicted molar refractivity (Wildman–Crippen MR) is 69.8 cm³/mol. The van der Waals surface area contributed by atoms with Crippen molar-refractivity contribution in [2.24, 2.45) is 0 Å². The Morgan fingerprint density at radius 1 is 1.38 bits per heavy atom. The monoisotopic (exact) mass is 253 g/mol. The van der Waals surface area contributed by atoms with E-state index in [4.69, 9.17) is 22.6 Å². The molecule has 0 heterocycles. The van der Waals surface area contributed by atoms with Gasteiger partial charge in [0, 0.05) is 11.9 Å². The summed E-state index contributed by atoms with van der Waals surface area (Å²) >= 11 is 5.93. The first-order valence-corrected chi connectivity index (χ1v) is 8.90. The zero-order valence-electron chi connectivity index (χ0n) is 10.0. The van der Waals surface area contributed by atoms with E-state index in [1.54, 1.807) is 19.1 Å². The molecule has 1 aromatic carbocycles. The van der Waals surface area contributed by atoms with Crippen molar-refractivity contribution in [2.45, 2.75) is 32.3 Å². The van der Waals surface area contributed by atoms with Crippen molar-refractivity contribution in [3.8, 4) is 0 Å². The van der Waals surface area contributed by atoms with Crippen LogP contribution in [-0.2, 0) is 10.2 Å². The van der Waals surface area contributed by atoms with E-state index >= 15 is 0 Å². The van der Waals surface area contributed by atoms with Crippen LogP contribution in [0.5, 0.6) is 0 Å². The molecule has 1 unspecified atom stereocenters. The fraction of sp³-hybridized carbons (Fsp3) is 0.417. The van der Waals surface area contributed by atoms with Crippen LogP contribution in [0.2, 0.25) is 24.7 Å². The van der Waals surface area contributed by atoms with E-state index in [1.165, 1.54) is 0 Å². The molecular weight excluding hydrogens is 238 g/mol. The first kappa shape index (κ1) is 13.2. The van der Waals surface area contributed by atoms with Crippen LogP contribution >= 0.6 is 11.6 Å². The van der Waals surface area contributed by atoms with Gasteiger partial charge in [0.25, 0.3) is 0 Å². The van der Waals surface area contributed by atoms with Crippen molar-refractivity contribution in [1.29, 1.82) is 0 Å². The molecule has 86 valence electrons. The molecule has 0 saturated carbocycles. The fourth-order valence-corrected chi connectivity index (χ4v) is 3.07. The van der Waals surface area contributed by atoms with Crippen molar-refractivity contribution in [3.63, 3.8) is 0 Å². The van der Waals surface area contributed by atoms with E-state index in [0.29, 0.717) is 5.02 Å². The molecule has 0 spiro atoms. The fourth-order valence-electron chi connectivity index (χ4n) is 1.52. The number of halogens is 1. The normalized spacial score (nSPS) is 15.2. The smallest absolute Gasteiger partial charge is 0.347 e. The summed E-state index contributed by atoms with van der Waals surface area (Å²) in [6, 6.07) is 7.31. The molecular formula is C12H16ClNOSi. The summed E-state index contributed by atoms with van der Waals surface area (Å²) in [5.41, 5.74) is -0.104. The van der Waals surface area contributed by atoms with Crippen molar-refractivity contribution in [3.05, 3.63) is 46.3 Å². The molecule has 1 aromatic rings. The van der Waals surface area contributed by atoms with Crippen LogP contribution in [0.25, 0.3) is 4.85 Å². The van der Waals surface area contributed by atoms with Crippen molar-refractivity contribution < 1.29 is 4.43 Å². The Bertz CT molecular complexity index is 422. The summed E-state index contributed by atoms with van der Waals surface area (Å²) in [6.07, 6.45) is 0. The molecule has 0 radical (unpaired) electrons. The molecule has 0 bridgehead atoms. The lowest BCUT2D eigenvalue weighted by atomic mass is 10.1. The van der Waals surface area contributed by atoms with Crippen LogP contribution in [0, 0.1) is 6.57 Å². The van der Waals surface area contributed by atoms with E-state index in [2.05, 4.69) is 24.5 Å². The number of hydrogen-bond acceptors (Lipinski definition) is 1. The maximum absolute atomic E-state index is 7.32. The Morgan fingerprint density at radius 3 is 2.44 bits per heavy atom. The van der Waals surface area contributed by atoms with Crippen LogP contribution in [0.3, 0.4) is 0 Å². The number of hydrogen-bond donors (Lipinski definition) is 0. The minimum absolute atomic E-state index is 0.631. The summed E-state index contributed by atoms with van der Waals surface area (Å²) in [5, 5.41) is 0.631. The minimum atomic E-state index is -1.77. The van der Waals surface area contributed by atoms with Crippen molar-refractivity contribution in [1.82, 2.24) is 0 Å². The molecule has 0 aliphatic rings. The first-order valence-electron chi connectivity index (χ1n) is 5.12. The Labute approximate surface area is 103 Å². The molecule has 1 atom stereocenters. The molecule has 0 aliphatic heterocycles. The van der Waals surface area contributed by atoms with Gasteiger partial charge in [-0.3, -0.25) is 4.85 Å². The van der Waals surface area contributed by atoms with Gasteiger partial charge < -0.3 is 4.43 Å². The first-order chi connectivity index (χ1) is 7.27. The molecule has 0 saturated heterocycles. The Kier molecular flexibility index (Phi) is 3.79. The molecule has 1 rings (SSSR count). The summed E-state index contributed by atoms with van der Waals surface area (Å²) in [5.74, 6) is 0. The average molecular weight is 254 g/mol. The predicted octanol–water partition coefficient (Wildman–Crippen LogP) is 4.28. The van der Waals surface area contributed by atoms with E-state index in [-0.39, 0.29) is 0 Å². The van der Waals surface area contributed by atoms with Gasteiger partial charge in [0.2, 0.25) is 0 Å². The highest BCUT2D eigenvalue weighted by Crippen LogP contribution is 2.31. The number of rotatable bonds is 3. The lowest BCUT2D eigenvalue weighted by molar-refractivity contribution is 0.130. The third-order valence-electron chi connectivity index (χ3n) is 2.08. The van der Waals surface area contributed by atoms with Crippen LogP contribution in [-0.4, -0.2) is 8.32 Å². The second-order valence-electron chi connectivity index (χ2n) is 4.82. The highest BCUT2D eigenvalue weighted by Gasteiger charge is 2.39. The van der Waals surface area contributed by atoms with E-state index in [0.717, 1.165) is 5.56 Å². The topological polar surface area (TPSA) is 13.6 Å². The van der Waals surface area contributed by atoms with Gasteiger partial charge in [-0.25, -0.2) is 6.57 Å². The second kappa shape index (κ2) is 4.58. The highest BCUT2D eigenvalue weighted by molar-refractivity contribution is 6.69. The van der Waals surface area contributed by atoms with Crippen LogP contribution < -0.4 is 0 Å². The Hall–Kier alpha value is -0.823. The summed E-state index contributed by atoms with van der Waals surface area (Å²) in [7, 11) is -1.77. The molecule has 0 amide bonds. The lowest BCUT2D eigenvalue weighted by Gasteiger charge is -2.26. The maximum atomic E-state index is 7.32. The quantitative estimate of drug-likeness (QED) is 0.579. The van der Waals surface area contributed by atoms with Gasteiger partial charge in [-0.2, -0.15) is 0 Å². The van der Waals surface area contributed by atoms with Gasteiger partial charge in [-0.1, -0.05) is 17.7 Å². The summed E-state index contributed by atoms with van der Waals surface area (Å²) in [6.45, 7) is 15.3. The molecule has 4 heteroatoms. The lowest BCUT2D eigenvalue weighted by Crippen LogP contribution is -2.36. The number of nitrogens with zero attached hydrogens (tertiary/aromatic N) is 1. The zero-order chi connectivity index (χ0) is 12.4. The van der Waals surface area contributed by atoms with Crippen LogP contribution in [0.1, 0.15) is 12.5 Å². The molecule has 0 N–H and O–H groups in total. The molecule has 0 fully saturated rings. The van der Waals surface area contributed by atoms with Gasteiger partial charge in [0.1, 0.15) is 0 Å². The molecule has 2 nitrogen and oxygen atoms in total. The SMILES string of the molecule is [C-]#[N+]C(C)(O[Si](C)(C)C)c1cccc(Cl)c1. The van der Waals surface area contributed by atoms with Gasteiger partial charge in [0.15, 0.2) is 8.32 Å². The Balaban J connectivity index is 3.11. The van der Waals surface area contributed by atoms with Crippen molar-refractivity contribution in [2.75, 3.05) is 0 Å². The average Bonchev–Trinajstić information content (AvgIpc) is 2.15. The van der Waals surface area contributed by atoms with Crippen LogP contribution in [0.4, 0.5) is 0 Å². The van der Waals surface area contributed by atoms with Crippen LogP contribution in [0.15, 0.2) is 24.3 Å². The van der Waals surface area contributed by atoms with Gasteiger partial charge in [0.05, 0.1) is 5.56 Å². The third kappa shape index (κ3) is 3.34. The standard InChI is InChI=1S/C12H16ClNOSi/c1-12(14-2,15-16(3,4)5)10-7-6-8-11(13)9-10/h6-9H,1,3-5H3. The van der Waals surface area contributed by atoms with E-state index < -0.39 is 14.0 Å². The van der Waals surface area contributed by atoms with Gasteiger partial charge in [-0.05, 0) is 37.8 Å². The second-order valence-corrected chi connectivity index (χ2v) is 9.68. The van der Waals surface area contributed by atoms with Crippen molar-refractivity contribution >= 4 is 19.9 Å². The highest BCUT2D eigenvalue weighted by atomic mass is 35.5. The third-order valence-corrected chi connectivity index (χ3v) is 3.32.